The van der Waals surface area contributed by atoms with Gasteiger partial charge in [-0.1, -0.05) is 54.6 Å². The summed E-state index contributed by atoms with van der Waals surface area (Å²) in [4.78, 5) is 20.1. The van der Waals surface area contributed by atoms with Crippen molar-refractivity contribution in [2.45, 2.75) is 0 Å². The summed E-state index contributed by atoms with van der Waals surface area (Å²) in [6.45, 7) is 4.02. The van der Waals surface area contributed by atoms with Crippen molar-refractivity contribution < 1.29 is 9.18 Å². The molecule has 1 saturated heterocycles. The molecule has 1 N–H and O–H groups in total. The largest absolute Gasteiger partial charge is 0.357 e. The monoisotopic (exact) mass is 389 g/mol. The van der Waals surface area contributed by atoms with E-state index in [0.29, 0.717) is 18.8 Å². The maximum absolute atomic E-state index is 13.1. The van der Waals surface area contributed by atoms with Gasteiger partial charge in [-0.2, -0.15) is 0 Å². The Balaban J connectivity index is 1.30. The van der Waals surface area contributed by atoms with Gasteiger partial charge in [-0.05, 0) is 34.9 Å². The van der Waals surface area contributed by atoms with Crippen molar-refractivity contribution in [3.63, 3.8) is 0 Å². The zero-order chi connectivity index (χ0) is 20.1. The molecule has 0 atom stereocenters. The summed E-state index contributed by atoms with van der Waals surface area (Å²) >= 11 is 0. The van der Waals surface area contributed by atoms with Gasteiger partial charge in [-0.3, -0.25) is 9.69 Å². The number of nitrogens with zero attached hydrogens (tertiary/aromatic N) is 2. The number of carbonyl (C=O) groups is 1. The van der Waals surface area contributed by atoms with E-state index < -0.39 is 0 Å². The third kappa shape index (κ3) is 4.81. The summed E-state index contributed by atoms with van der Waals surface area (Å²) in [5.41, 5.74) is 3.54. The van der Waals surface area contributed by atoms with Gasteiger partial charge in [0, 0.05) is 38.9 Å². The van der Waals surface area contributed by atoms with Crippen molar-refractivity contribution >= 4 is 12.0 Å². The van der Waals surface area contributed by atoms with E-state index in [0.717, 1.165) is 30.8 Å². The molecule has 148 valence electrons. The molecular weight excluding hydrogens is 365 g/mol. The van der Waals surface area contributed by atoms with E-state index in [1.165, 1.54) is 17.7 Å². The zero-order valence-electron chi connectivity index (χ0n) is 16.2. The van der Waals surface area contributed by atoms with Crippen LogP contribution in [0, 0.1) is 5.82 Å². The minimum absolute atomic E-state index is 0.0119. The van der Waals surface area contributed by atoms with Crippen LogP contribution in [0.3, 0.4) is 0 Å². The Hall–Kier alpha value is -3.18. The van der Waals surface area contributed by atoms with Crippen LogP contribution >= 0.6 is 0 Å². The number of aromatic nitrogens is 1. The van der Waals surface area contributed by atoms with E-state index in [1.807, 2.05) is 29.2 Å². The lowest BCUT2D eigenvalue weighted by Crippen LogP contribution is -2.48. The van der Waals surface area contributed by atoms with E-state index in [-0.39, 0.29) is 11.7 Å². The molecule has 1 aliphatic rings. The Labute approximate surface area is 170 Å². The molecule has 2 aromatic carbocycles. The molecule has 1 amide bonds. The molecular formula is C24H24FN3O. The highest BCUT2D eigenvalue weighted by Gasteiger charge is 2.22. The average molecular weight is 389 g/mol. The minimum atomic E-state index is -0.267. The van der Waals surface area contributed by atoms with Crippen molar-refractivity contribution in [3.05, 3.63) is 90.0 Å². The number of aromatic amines is 1. The summed E-state index contributed by atoms with van der Waals surface area (Å²) in [6.07, 6.45) is 6.10. The molecule has 0 spiro atoms. The Morgan fingerprint density at radius 2 is 1.69 bits per heavy atom. The SMILES string of the molecule is O=C(c1cc(-c2ccc(F)cc2)c[nH]1)N1CCN(CC=Cc2ccccc2)CC1. The predicted octanol–water partition coefficient (Wildman–Crippen LogP) is 4.29. The van der Waals surface area contributed by atoms with Crippen LogP contribution in [-0.4, -0.2) is 53.4 Å². The number of nitrogens with one attached hydrogen (secondary N) is 1. The highest BCUT2D eigenvalue weighted by molar-refractivity contribution is 5.94. The summed E-state index contributed by atoms with van der Waals surface area (Å²) in [6, 6.07) is 18.4. The number of benzene rings is 2. The van der Waals surface area contributed by atoms with Crippen LogP contribution in [0.1, 0.15) is 16.1 Å². The van der Waals surface area contributed by atoms with Gasteiger partial charge >= 0.3 is 0 Å². The number of hydrogen-bond acceptors (Lipinski definition) is 2. The first-order chi connectivity index (χ1) is 14.2. The van der Waals surface area contributed by atoms with Gasteiger partial charge in [0.1, 0.15) is 11.5 Å². The number of piperazine rings is 1. The fourth-order valence-corrected chi connectivity index (χ4v) is 3.53. The standard InChI is InChI=1S/C24H24FN3O/c25-22-10-8-20(9-11-22)21-17-23(26-18-21)24(29)28-15-13-27(14-16-28)12-4-7-19-5-2-1-3-6-19/h1-11,17-18,26H,12-16H2. The number of H-pyrrole nitrogens is 1. The number of amides is 1. The van der Waals surface area contributed by atoms with Crippen LogP contribution in [0.4, 0.5) is 4.39 Å². The minimum Gasteiger partial charge on any atom is -0.357 e. The molecule has 4 rings (SSSR count). The second-order valence-electron chi connectivity index (χ2n) is 7.21. The zero-order valence-corrected chi connectivity index (χ0v) is 16.2. The van der Waals surface area contributed by atoms with Crippen molar-refractivity contribution in [2.75, 3.05) is 32.7 Å². The summed E-state index contributed by atoms with van der Waals surface area (Å²) in [5, 5.41) is 0. The highest BCUT2D eigenvalue weighted by atomic mass is 19.1. The molecule has 0 aliphatic carbocycles. The molecule has 5 heteroatoms. The lowest BCUT2D eigenvalue weighted by atomic mass is 10.1. The Bertz CT molecular complexity index is 971. The van der Waals surface area contributed by atoms with Gasteiger partial charge in [0.2, 0.25) is 0 Å². The molecule has 0 radical (unpaired) electrons. The van der Waals surface area contributed by atoms with Gasteiger partial charge in [0.05, 0.1) is 0 Å². The lowest BCUT2D eigenvalue weighted by Gasteiger charge is -2.33. The molecule has 1 fully saturated rings. The molecule has 0 bridgehead atoms. The van der Waals surface area contributed by atoms with Crippen LogP contribution in [0.25, 0.3) is 17.2 Å². The molecule has 0 saturated carbocycles. The van der Waals surface area contributed by atoms with Crippen LogP contribution in [-0.2, 0) is 0 Å². The van der Waals surface area contributed by atoms with Gasteiger partial charge in [0.25, 0.3) is 5.91 Å². The summed E-state index contributed by atoms with van der Waals surface area (Å²) in [5.74, 6) is -0.255. The molecule has 1 aromatic heterocycles. The third-order valence-corrected chi connectivity index (χ3v) is 5.22. The molecule has 0 unspecified atom stereocenters. The van der Waals surface area contributed by atoms with Crippen LogP contribution in [0.15, 0.2) is 72.9 Å². The highest BCUT2D eigenvalue weighted by Crippen LogP contribution is 2.21. The molecule has 1 aliphatic heterocycles. The fraction of sp³-hybridized carbons (Fsp3) is 0.208. The normalized spacial score (nSPS) is 15.1. The third-order valence-electron chi connectivity index (χ3n) is 5.22. The first-order valence-electron chi connectivity index (χ1n) is 9.86. The van der Waals surface area contributed by atoms with E-state index in [4.69, 9.17) is 0 Å². The maximum atomic E-state index is 13.1. The van der Waals surface area contributed by atoms with Crippen molar-refractivity contribution in [3.8, 4) is 11.1 Å². The molecule has 3 aromatic rings. The van der Waals surface area contributed by atoms with Crippen LogP contribution in [0.2, 0.25) is 0 Å². The summed E-state index contributed by atoms with van der Waals surface area (Å²) < 4.78 is 13.1. The van der Waals surface area contributed by atoms with Gasteiger partial charge in [-0.15, -0.1) is 0 Å². The van der Waals surface area contributed by atoms with E-state index in [1.54, 1.807) is 18.3 Å². The quantitative estimate of drug-likeness (QED) is 0.707. The fourth-order valence-electron chi connectivity index (χ4n) is 3.53. The van der Waals surface area contributed by atoms with E-state index in [9.17, 15) is 9.18 Å². The Morgan fingerprint density at radius 1 is 0.966 bits per heavy atom. The van der Waals surface area contributed by atoms with E-state index in [2.05, 4.69) is 34.2 Å². The van der Waals surface area contributed by atoms with Gasteiger partial charge in [0.15, 0.2) is 0 Å². The second-order valence-corrected chi connectivity index (χ2v) is 7.21. The number of halogens is 1. The number of hydrogen-bond donors (Lipinski definition) is 1. The van der Waals surface area contributed by atoms with Crippen molar-refractivity contribution in [2.24, 2.45) is 0 Å². The van der Waals surface area contributed by atoms with Crippen molar-refractivity contribution in [1.29, 1.82) is 0 Å². The average Bonchev–Trinajstić information content (AvgIpc) is 3.25. The van der Waals surface area contributed by atoms with Gasteiger partial charge in [-0.25, -0.2) is 4.39 Å². The summed E-state index contributed by atoms with van der Waals surface area (Å²) in [7, 11) is 0. The van der Waals surface area contributed by atoms with Gasteiger partial charge < -0.3 is 9.88 Å². The van der Waals surface area contributed by atoms with Crippen LogP contribution in [0.5, 0.6) is 0 Å². The first kappa shape index (κ1) is 19.2. The maximum Gasteiger partial charge on any atom is 0.270 e. The molecule has 2 heterocycles. The Morgan fingerprint density at radius 3 is 2.41 bits per heavy atom. The predicted molar refractivity (Wildman–Crippen MR) is 114 cm³/mol. The van der Waals surface area contributed by atoms with E-state index >= 15 is 0 Å². The topological polar surface area (TPSA) is 39.3 Å². The molecule has 29 heavy (non-hydrogen) atoms. The smallest absolute Gasteiger partial charge is 0.270 e. The van der Waals surface area contributed by atoms with Crippen molar-refractivity contribution in [1.82, 2.24) is 14.8 Å². The molecule has 4 nitrogen and oxygen atoms in total. The van der Waals surface area contributed by atoms with Crippen LogP contribution < -0.4 is 0 Å². The number of rotatable bonds is 5. The second kappa shape index (κ2) is 8.88. The Kier molecular flexibility index (Phi) is 5.86. The number of carbonyl (C=O) groups excluding carboxylic acids is 1. The lowest BCUT2D eigenvalue weighted by molar-refractivity contribution is 0.0645. The first-order valence-corrected chi connectivity index (χ1v) is 9.86.